The molecule has 4 fully saturated rings. The van der Waals surface area contributed by atoms with Gasteiger partial charge in [-0.05, 0) is 75.3 Å². The largest absolute Gasteiger partial charge is 0.456 e. The zero-order chi connectivity index (χ0) is 43.7. The van der Waals surface area contributed by atoms with Crippen LogP contribution in [-0.4, -0.2) is 111 Å². The second-order valence-corrected chi connectivity index (χ2v) is 18.3. The normalized spacial score (nSPS) is 32.3. The summed E-state index contributed by atoms with van der Waals surface area (Å²) >= 11 is 0. The number of esters is 4. The number of ether oxygens (including phenoxy) is 6. The molecule has 1 heterocycles. The topological polar surface area (TPSA) is 273 Å². The van der Waals surface area contributed by atoms with Crippen molar-refractivity contribution in [1.29, 1.82) is 0 Å². The molecule has 1 aliphatic heterocycles. The Morgan fingerprint density at radius 2 is 1.50 bits per heavy atom. The zero-order valence-electron chi connectivity index (χ0n) is 36.0. The van der Waals surface area contributed by atoms with Crippen molar-refractivity contribution >= 4 is 35.8 Å². The van der Waals surface area contributed by atoms with Crippen molar-refractivity contribution < 1.29 is 78.4 Å². The lowest BCUT2D eigenvalue weighted by atomic mass is 9.48. The van der Waals surface area contributed by atoms with E-state index in [1.807, 2.05) is 0 Å². The molecule has 1 amide bonds. The minimum absolute atomic E-state index is 0. The highest BCUT2D eigenvalue weighted by Crippen LogP contribution is 2.74. The molecule has 4 aliphatic carbocycles. The highest BCUT2D eigenvalue weighted by atomic mass is 16.6. The SMILES string of the molecule is CC(=O)OC1C(=O)C23CC2CC2OCC2(OC(C)=O)C3C(OC(=O)c2ccccc2)C2(O)CC(OC(=O)C(O)C(NC(=O)OC(C)(C)C)c3ccccc3)C(C)=C1C2(C)C.O.O. The maximum Gasteiger partial charge on any atom is 0.408 e. The van der Waals surface area contributed by atoms with Crippen molar-refractivity contribution in [3.05, 3.63) is 82.9 Å². The Hall–Kier alpha value is -5.20. The van der Waals surface area contributed by atoms with Gasteiger partial charge in [-0.3, -0.25) is 14.4 Å². The Morgan fingerprint density at radius 1 is 0.887 bits per heavy atom. The molecule has 3 saturated carbocycles. The molecule has 17 heteroatoms. The van der Waals surface area contributed by atoms with Crippen LogP contribution in [0.5, 0.6) is 0 Å². The van der Waals surface area contributed by atoms with Gasteiger partial charge < -0.3 is 54.9 Å². The second-order valence-electron chi connectivity index (χ2n) is 18.3. The average molecular weight is 868 g/mol. The molecule has 2 bridgehead atoms. The summed E-state index contributed by atoms with van der Waals surface area (Å²) in [6, 6.07) is 14.9. The lowest BCUT2D eigenvalue weighted by molar-refractivity contribution is -0.323. The Kier molecular flexibility index (Phi) is 13.0. The first-order valence-corrected chi connectivity index (χ1v) is 20.2. The number of benzene rings is 2. The van der Waals surface area contributed by atoms with E-state index < -0.39 is 112 Å². The Balaban J connectivity index is 0.00000363. The van der Waals surface area contributed by atoms with Crippen LogP contribution in [0.1, 0.15) is 96.6 Å². The first-order valence-electron chi connectivity index (χ1n) is 20.2. The van der Waals surface area contributed by atoms with E-state index in [1.165, 1.54) is 19.1 Å². The number of carbonyl (C=O) groups excluding carboxylic acids is 6. The van der Waals surface area contributed by atoms with Crippen molar-refractivity contribution in [3.63, 3.8) is 0 Å². The summed E-state index contributed by atoms with van der Waals surface area (Å²) in [5.41, 5.74) is -6.79. The molecule has 338 valence electrons. The predicted molar refractivity (Wildman–Crippen MR) is 217 cm³/mol. The third-order valence-corrected chi connectivity index (χ3v) is 13.2. The second kappa shape index (κ2) is 16.8. The molecule has 1 spiro atoms. The summed E-state index contributed by atoms with van der Waals surface area (Å²) in [7, 11) is 0. The monoisotopic (exact) mass is 867 g/mol. The summed E-state index contributed by atoms with van der Waals surface area (Å²) in [5.74, 6) is -5.65. The number of fused-ring (bicyclic) bond motifs is 4. The van der Waals surface area contributed by atoms with Crippen molar-refractivity contribution in [2.45, 2.75) is 128 Å². The van der Waals surface area contributed by atoms with Crippen LogP contribution in [0.3, 0.4) is 0 Å². The molecule has 1 saturated heterocycles. The lowest BCUT2D eigenvalue weighted by Crippen LogP contribution is -2.78. The Bertz CT molecular complexity index is 2120. The van der Waals surface area contributed by atoms with Crippen LogP contribution in [0.2, 0.25) is 0 Å². The zero-order valence-corrected chi connectivity index (χ0v) is 36.0. The van der Waals surface area contributed by atoms with E-state index in [-0.39, 0.29) is 46.6 Å². The van der Waals surface area contributed by atoms with Crippen molar-refractivity contribution in [3.8, 4) is 0 Å². The van der Waals surface area contributed by atoms with Crippen LogP contribution in [-0.2, 0) is 47.6 Å². The maximum absolute atomic E-state index is 15.4. The van der Waals surface area contributed by atoms with Crippen LogP contribution >= 0.6 is 0 Å². The van der Waals surface area contributed by atoms with E-state index in [0.717, 1.165) is 6.92 Å². The van der Waals surface area contributed by atoms with E-state index in [4.69, 9.17) is 28.4 Å². The number of Topliss-reactive ketones (excluding diaryl/α,β-unsaturated/α-hetero) is 1. The summed E-state index contributed by atoms with van der Waals surface area (Å²) < 4.78 is 36.0. The number of hydrogen-bond donors (Lipinski definition) is 3. The minimum atomic E-state index is -2.25. The van der Waals surface area contributed by atoms with E-state index >= 15 is 4.79 Å². The minimum Gasteiger partial charge on any atom is -0.456 e. The van der Waals surface area contributed by atoms with Gasteiger partial charge in [-0.2, -0.15) is 0 Å². The fourth-order valence-electron chi connectivity index (χ4n) is 10.4. The third kappa shape index (κ3) is 7.89. The molecule has 62 heavy (non-hydrogen) atoms. The molecule has 7 N–H and O–H groups in total. The number of alkyl carbamates (subject to hydrolysis) is 1. The fraction of sp³-hybridized carbons (Fsp3) is 0.556. The van der Waals surface area contributed by atoms with Crippen LogP contribution in [0.4, 0.5) is 4.79 Å². The molecule has 2 aromatic carbocycles. The highest BCUT2D eigenvalue weighted by molar-refractivity contribution is 5.97. The lowest BCUT2D eigenvalue weighted by Gasteiger charge is -2.64. The molecular weight excluding hydrogens is 810 g/mol. The van der Waals surface area contributed by atoms with Gasteiger partial charge in [0, 0.05) is 31.1 Å². The van der Waals surface area contributed by atoms with E-state index in [1.54, 1.807) is 90.1 Å². The van der Waals surface area contributed by atoms with E-state index in [0.29, 0.717) is 12.0 Å². The number of amides is 1. The summed E-state index contributed by atoms with van der Waals surface area (Å²) in [4.78, 5) is 82.8. The van der Waals surface area contributed by atoms with E-state index in [2.05, 4.69) is 5.32 Å². The van der Waals surface area contributed by atoms with E-state index in [9.17, 15) is 34.2 Å². The van der Waals surface area contributed by atoms with Crippen molar-refractivity contribution in [2.24, 2.45) is 22.7 Å². The highest BCUT2D eigenvalue weighted by Gasteiger charge is 2.84. The van der Waals surface area contributed by atoms with Gasteiger partial charge in [0.15, 0.2) is 23.6 Å². The van der Waals surface area contributed by atoms with Gasteiger partial charge in [0.1, 0.15) is 29.5 Å². The van der Waals surface area contributed by atoms with Crippen molar-refractivity contribution in [2.75, 3.05) is 6.61 Å². The van der Waals surface area contributed by atoms with Crippen LogP contribution < -0.4 is 5.32 Å². The van der Waals surface area contributed by atoms with Gasteiger partial charge in [-0.15, -0.1) is 0 Å². The summed E-state index contributed by atoms with van der Waals surface area (Å²) in [5, 5.41) is 27.9. The van der Waals surface area contributed by atoms with Gasteiger partial charge in [0.05, 0.1) is 24.1 Å². The molecule has 0 aromatic heterocycles. The number of rotatable bonds is 9. The van der Waals surface area contributed by atoms with Crippen LogP contribution in [0.25, 0.3) is 0 Å². The predicted octanol–water partition coefficient (Wildman–Crippen LogP) is 2.82. The van der Waals surface area contributed by atoms with Gasteiger partial charge in [-0.1, -0.05) is 62.4 Å². The fourth-order valence-corrected chi connectivity index (χ4v) is 10.4. The first-order chi connectivity index (χ1) is 28.1. The number of nitrogens with one attached hydrogen (secondary N) is 1. The number of carbonyl (C=O) groups is 6. The molecule has 0 radical (unpaired) electrons. The standard InChI is InChI=1S/C45H53NO14.2H2O/c1-23-29(57-39(52)33(49)32(26-15-11-9-12-16-26)46-40(53)60-41(4,5)6)21-45(54)37(58-38(51)27-17-13-10-14-18-27)35-43(36(50)34(56-24(2)47)31(23)42(45,7)8)20-28(43)19-30-44(35,22-55-30)59-25(3)48;;/h9-18,28-30,32-35,37,49,54H,19-22H2,1-8H3,(H,46,53);2*1H2. The van der Waals surface area contributed by atoms with Gasteiger partial charge in [0.2, 0.25) is 0 Å². The summed E-state index contributed by atoms with van der Waals surface area (Å²) in [6.07, 6.45) is -8.18. The molecule has 7 rings (SSSR count). The quantitative estimate of drug-likeness (QED) is 0.186. The smallest absolute Gasteiger partial charge is 0.408 e. The molecule has 11 atom stereocenters. The molecule has 2 aromatic rings. The number of aliphatic hydroxyl groups excluding tert-OH is 1. The summed E-state index contributed by atoms with van der Waals surface area (Å²) in [6.45, 7) is 12.0. The molecule has 5 aliphatic rings. The number of hydrogen-bond acceptors (Lipinski definition) is 14. The third-order valence-electron chi connectivity index (χ3n) is 13.2. The number of ketones is 1. The first kappa shape index (κ1) is 47.8. The van der Waals surface area contributed by atoms with Gasteiger partial charge >= 0.3 is 30.0 Å². The Morgan fingerprint density at radius 3 is 2.05 bits per heavy atom. The number of aliphatic hydroxyl groups is 2. The average Bonchev–Trinajstić information content (AvgIpc) is 3.90. The molecule has 11 unspecified atom stereocenters. The molecular formula is C45H57NO16. The Labute approximate surface area is 359 Å². The van der Waals surface area contributed by atoms with Gasteiger partial charge in [0.25, 0.3) is 0 Å². The van der Waals surface area contributed by atoms with Crippen molar-refractivity contribution in [1.82, 2.24) is 5.32 Å². The maximum atomic E-state index is 15.4. The molecule has 17 nitrogen and oxygen atoms in total. The van der Waals surface area contributed by atoms with Crippen LogP contribution in [0, 0.1) is 22.7 Å². The van der Waals surface area contributed by atoms with Gasteiger partial charge in [-0.25, -0.2) is 14.4 Å². The van der Waals surface area contributed by atoms with Crippen LogP contribution in [0.15, 0.2) is 71.8 Å².